The highest BCUT2D eigenvalue weighted by molar-refractivity contribution is 5.37. The quantitative estimate of drug-likeness (QED) is 0.875. The van der Waals surface area contributed by atoms with Crippen LogP contribution < -0.4 is 5.32 Å². The number of nitrogens with one attached hydrogen (secondary N) is 1. The fraction of sp³-hybridized carbons (Fsp3) is 0.400. The Labute approximate surface area is 109 Å². The van der Waals surface area contributed by atoms with Crippen LogP contribution in [-0.2, 0) is 13.0 Å². The standard InChI is InChI=1S/C15H21N3/c1-4-15-13(10-16-5-2)11-17-18(15)14-8-6-7-12(3)9-14/h6-9,11,16H,4-5,10H2,1-3H3. The normalized spacial score (nSPS) is 10.8. The maximum atomic E-state index is 4.53. The van der Waals surface area contributed by atoms with E-state index in [0.29, 0.717) is 0 Å². The molecule has 0 unspecified atom stereocenters. The summed E-state index contributed by atoms with van der Waals surface area (Å²) in [6.45, 7) is 8.29. The van der Waals surface area contributed by atoms with Gasteiger partial charge in [0, 0.05) is 17.8 Å². The van der Waals surface area contributed by atoms with Crippen LogP contribution in [0.15, 0.2) is 30.5 Å². The number of aryl methyl sites for hydroxylation is 1. The average Bonchev–Trinajstić information content (AvgIpc) is 2.79. The zero-order valence-electron chi connectivity index (χ0n) is 11.4. The molecule has 0 fully saturated rings. The van der Waals surface area contributed by atoms with Gasteiger partial charge < -0.3 is 5.32 Å². The summed E-state index contributed by atoms with van der Waals surface area (Å²) in [5.41, 5.74) is 5.00. The van der Waals surface area contributed by atoms with Crippen molar-refractivity contribution >= 4 is 0 Å². The lowest BCUT2D eigenvalue weighted by Gasteiger charge is -2.09. The first-order valence-corrected chi connectivity index (χ1v) is 6.59. The fourth-order valence-electron chi connectivity index (χ4n) is 2.17. The van der Waals surface area contributed by atoms with E-state index in [1.54, 1.807) is 0 Å². The number of hydrogen-bond acceptors (Lipinski definition) is 2. The SMILES string of the molecule is CCNCc1cnn(-c2cccc(C)c2)c1CC. The molecule has 3 heteroatoms. The first-order chi connectivity index (χ1) is 8.76. The van der Waals surface area contributed by atoms with Crippen LogP contribution in [0.4, 0.5) is 0 Å². The van der Waals surface area contributed by atoms with Crippen molar-refractivity contribution in [3.05, 3.63) is 47.3 Å². The Morgan fingerprint density at radius 1 is 1.28 bits per heavy atom. The van der Waals surface area contributed by atoms with E-state index in [1.807, 2.05) is 6.20 Å². The number of rotatable bonds is 5. The van der Waals surface area contributed by atoms with Crippen molar-refractivity contribution in [3.63, 3.8) is 0 Å². The second kappa shape index (κ2) is 5.83. The van der Waals surface area contributed by atoms with Gasteiger partial charge in [-0.25, -0.2) is 4.68 Å². The number of benzene rings is 1. The zero-order valence-corrected chi connectivity index (χ0v) is 11.4. The van der Waals surface area contributed by atoms with Crippen molar-refractivity contribution in [2.75, 3.05) is 6.54 Å². The molecule has 2 rings (SSSR count). The fourth-order valence-corrected chi connectivity index (χ4v) is 2.17. The Morgan fingerprint density at radius 2 is 2.11 bits per heavy atom. The van der Waals surface area contributed by atoms with E-state index in [4.69, 9.17) is 0 Å². The Balaban J connectivity index is 2.36. The minimum atomic E-state index is 0.894. The van der Waals surface area contributed by atoms with Gasteiger partial charge in [-0.05, 0) is 37.6 Å². The van der Waals surface area contributed by atoms with Crippen LogP contribution in [0.1, 0.15) is 30.7 Å². The zero-order chi connectivity index (χ0) is 13.0. The third kappa shape index (κ3) is 2.62. The number of hydrogen-bond donors (Lipinski definition) is 1. The number of aromatic nitrogens is 2. The molecule has 1 N–H and O–H groups in total. The molecule has 18 heavy (non-hydrogen) atoms. The van der Waals surface area contributed by atoms with E-state index in [9.17, 15) is 0 Å². The molecule has 0 amide bonds. The van der Waals surface area contributed by atoms with E-state index in [1.165, 1.54) is 16.8 Å². The van der Waals surface area contributed by atoms with Crippen LogP contribution in [0.3, 0.4) is 0 Å². The molecule has 0 aliphatic carbocycles. The van der Waals surface area contributed by atoms with E-state index in [-0.39, 0.29) is 0 Å². The van der Waals surface area contributed by atoms with Gasteiger partial charge in [0.15, 0.2) is 0 Å². The van der Waals surface area contributed by atoms with Gasteiger partial charge in [0.2, 0.25) is 0 Å². The van der Waals surface area contributed by atoms with Crippen molar-refractivity contribution in [3.8, 4) is 5.69 Å². The molecule has 96 valence electrons. The molecular weight excluding hydrogens is 222 g/mol. The van der Waals surface area contributed by atoms with Gasteiger partial charge in [-0.3, -0.25) is 0 Å². The smallest absolute Gasteiger partial charge is 0.0651 e. The molecule has 1 aromatic carbocycles. The Bertz CT molecular complexity index is 514. The summed E-state index contributed by atoms with van der Waals surface area (Å²) in [5, 5.41) is 7.89. The van der Waals surface area contributed by atoms with Crippen LogP contribution in [-0.4, -0.2) is 16.3 Å². The Morgan fingerprint density at radius 3 is 2.78 bits per heavy atom. The van der Waals surface area contributed by atoms with Crippen LogP contribution >= 0.6 is 0 Å². The van der Waals surface area contributed by atoms with Crippen molar-refractivity contribution in [2.24, 2.45) is 0 Å². The van der Waals surface area contributed by atoms with Crippen LogP contribution in [0.5, 0.6) is 0 Å². The predicted octanol–water partition coefficient (Wildman–Crippen LogP) is 2.85. The monoisotopic (exact) mass is 243 g/mol. The van der Waals surface area contributed by atoms with Crippen molar-refractivity contribution < 1.29 is 0 Å². The summed E-state index contributed by atoms with van der Waals surface area (Å²) >= 11 is 0. The lowest BCUT2D eigenvalue weighted by molar-refractivity contribution is 0.716. The summed E-state index contributed by atoms with van der Waals surface area (Å²) in [7, 11) is 0. The molecule has 0 saturated carbocycles. The molecule has 1 heterocycles. The maximum absolute atomic E-state index is 4.53. The molecule has 1 aromatic heterocycles. The van der Waals surface area contributed by atoms with E-state index < -0.39 is 0 Å². The molecular formula is C15H21N3. The molecule has 0 radical (unpaired) electrons. The van der Waals surface area contributed by atoms with Gasteiger partial charge >= 0.3 is 0 Å². The van der Waals surface area contributed by atoms with Crippen molar-refractivity contribution in [2.45, 2.75) is 33.7 Å². The van der Waals surface area contributed by atoms with Crippen LogP contribution in [0, 0.1) is 6.92 Å². The molecule has 0 saturated heterocycles. The molecule has 2 aromatic rings. The lowest BCUT2D eigenvalue weighted by atomic mass is 10.2. The Hall–Kier alpha value is -1.61. The van der Waals surface area contributed by atoms with E-state index >= 15 is 0 Å². The Kier molecular flexibility index (Phi) is 4.15. The third-order valence-electron chi connectivity index (χ3n) is 3.10. The largest absolute Gasteiger partial charge is 0.313 e. The van der Waals surface area contributed by atoms with Crippen LogP contribution in [0.25, 0.3) is 5.69 Å². The molecule has 0 atom stereocenters. The van der Waals surface area contributed by atoms with Gasteiger partial charge in [0.1, 0.15) is 0 Å². The van der Waals surface area contributed by atoms with Crippen molar-refractivity contribution in [1.29, 1.82) is 0 Å². The van der Waals surface area contributed by atoms with Crippen LogP contribution in [0.2, 0.25) is 0 Å². The van der Waals surface area contributed by atoms with Gasteiger partial charge in [-0.1, -0.05) is 26.0 Å². The summed E-state index contributed by atoms with van der Waals surface area (Å²) < 4.78 is 2.06. The van der Waals surface area contributed by atoms with Crippen molar-refractivity contribution in [1.82, 2.24) is 15.1 Å². The third-order valence-corrected chi connectivity index (χ3v) is 3.10. The maximum Gasteiger partial charge on any atom is 0.0651 e. The first kappa shape index (κ1) is 12.8. The highest BCUT2D eigenvalue weighted by atomic mass is 15.3. The molecule has 0 aliphatic heterocycles. The van der Waals surface area contributed by atoms with Gasteiger partial charge in [-0.2, -0.15) is 5.10 Å². The number of nitrogens with zero attached hydrogens (tertiary/aromatic N) is 2. The summed E-state index contributed by atoms with van der Waals surface area (Å²) in [6.07, 6.45) is 2.97. The molecule has 3 nitrogen and oxygen atoms in total. The van der Waals surface area contributed by atoms with E-state index in [0.717, 1.165) is 25.2 Å². The van der Waals surface area contributed by atoms with Gasteiger partial charge in [0.05, 0.1) is 11.9 Å². The summed E-state index contributed by atoms with van der Waals surface area (Å²) in [6, 6.07) is 8.47. The van der Waals surface area contributed by atoms with Gasteiger partial charge in [-0.15, -0.1) is 0 Å². The highest BCUT2D eigenvalue weighted by Gasteiger charge is 2.09. The molecule has 0 bridgehead atoms. The highest BCUT2D eigenvalue weighted by Crippen LogP contribution is 2.16. The second-order valence-corrected chi connectivity index (χ2v) is 4.50. The molecule has 0 spiro atoms. The minimum Gasteiger partial charge on any atom is -0.313 e. The molecule has 0 aliphatic rings. The summed E-state index contributed by atoms with van der Waals surface area (Å²) in [4.78, 5) is 0. The topological polar surface area (TPSA) is 29.9 Å². The average molecular weight is 243 g/mol. The lowest BCUT2D eigenvalue weighted by Crippen LogP contribution is -2.13. The van der Waals surface area contributed by atoms with Gasteiger partial charge in [0.25, 0.3) is 0 Å². The van der Waals surface area contributed by atoms with E-state index in [2.05, 4.69) is 60.1 Å². The summed E-state index contributed by atoms with van der Waals surface area (Å²) in [5.74, 6) is 0. The second-order valence-electron chi connectivity index (χ2n) is 4.50. The minimum absolute atomic E-state index is 0.894. The first-order valence-electron chi connectivity index (χ1n) is 6.59. The predicted molar refractivity (Wildman–Crippen MR) is 75.1 cm³/mol.